The Morgan fingerprint density at radius 1 is 0.525 bits per heavy atom. The smallest absolute Gasteiger partial charge is 0.337 e. The van der Waals surface area contributed by atoms with Crippen LogP contribution in [0.3, 0.4) is 0 Å². The number of carbonyl (C=O) groups excluding carboxylic acids is 2. The van der Waals surface area contributed by atoms with Crippen LogP contribution in [0.25, 0.3) is 23.3 Å². The topological polar surface area (TPSA) is 133 Å². The van der Waals surface area contributed by atoms with Crippen LogP contribution >= 0.6 is 0 Å². The number of anilines is 2. The molecule has 0 aliphatic rings. The van der Waals surface area contributed by atoms with Crippen LogP contribution in [-0.2, 0) is 9.59 Å². The molecule has 8 heteroatoms. The second kappa shape index (κ2) is 12.7. The first kappa shape index (κ1) is 27.3. The lowest BCUT2D eigenvalue weighted by Crippen LogP contribution is -2.13. The van der Waals surface area contributed by atoms with Crippen molar-refractivity contribution in [2.45, 2.75) is 0 Å². The molecule has 0 aliphatic heterocycles. The molecule has 0 saturated heterocycles. The summed E-state index contributed by atoms with van der Waals surface area (Å²) in [6.45, 7) is 0. The van der Waals surface area contributed by atoms with E-state index >= 15 is 0 Å². The Labute approximate surface area is 229 Å². The van der Waals surface area contributed by atoms with Crippen LogP contribution in [0.2, 0.25) is 0 Å². The van der Waals surface area contributed by atoms with Crippen LogP contribution in [0.5, 0.6) is 0 Å². The quantitative estimate of drug-likeness (QED) is 0.194. The van der Waals surface area contributed by atoms with Crippen molar-refractivity contribution in [2.75, 3.05) is 10.6 Å². The second-order valence-electron chi connectivity index (χ2n) is 8.60. The van der Waals surface area contributed by atoms with E-state index in [2.05, 4.69) is 10.6 Å². The lowest BCUT2D eigenvalue weighted by atomic mass is 9.99. The predicted molar refractivity (Wildman–Crippen MR) is 154 cm³/mol. The molecule has 4 N–H and O–H groups in total. The number of carboxylic acids is 2. The van der Waals surface area contributed by atoms with Gasteiger partial charge in [-0.05, 0) is 58.7 Å². The molecule has 2 amide bonds. The number of aromatic carboxylic acids is 2. The van der Waals surface area contributed by atoms with Crippen molar-refractivity contribution < 1.29 is 29.4 Å². The number of carboxylic acid groups (broad SMARTS) is 2. The summed E-state index contributed by atoms with van der Waals surface area (Å²) in [7, 11) is 0. The van der Waals surface area contributed by atoms with Crippen molar-refractivity contribution in [1.82, 2.24) is 0 Å². The maximum absolute atomic E-state index is 12.4. The summed E-state index contributed by atoms with van der Waals surface area (Å²) < 4.78 is 0. The van der Waals surface area contributed by atoms with Gasteiger partial charge in [-0.25, -0.2) is 9.59 Å². The van der Waals surface area contributed by atoms with Gasteiger partial charge in [0.2, 0.25) is 11.8 Å². The van der Waals surface area contributed by atoms with E-state index in [0.717, 1.165) is 11.1 Å². The molecule has 198 valence electrons. The molecule has 0 aromatic heterocycles. The molecule has 0 unspecified atom stereocenters. The first-order chi connectivity index (χ1) is 19.3. The number of benzene rings is 4. The maximum Gasteiger partial charge on any atom is 0.337 e. The predicted octanol–water partition coefficient (Wildman–Crippen LogP) is 6.05. The fourth-order valence-electron chi connectivity index (χ4n) is 3.84. The van der Waals surface area contributed by atoms with E-state index in [1.54, 1.807) is 24.3 Å². The first-order valence-corrected chi connectivity index (χ1v) is 12.1. The van der Waals surface area contributed by atoms with Gasteiger partial charge in [0.25, 0.3) is 0 Å². The third kappa shape index (κ3) is 7.17. The third-order valence-electron chi connectivity index (χ3n) is 5.80. The van der Waals surface area contributed by atoms with Gasteiger partial charge in [0, 0.05) is 12.2 Å². The molecule has 0 atom stereocenters. The average Bonchev–Trinajstić information content (AvgIpc) is 2.96. The van der Waals surface area contributed by atoms with E-state index in [1.807, 2.05) is 60.7 Å². The van der Waals surface area contributed by atoms with Crippen LogP contribution in [0.4, 0.5) is 11.4 Å². The second-order valence-corrected chi connectivity index (χ2v) is 8.60. The summed E-state index contributed by atoms with van der Waals surface area (Å²) in [5.74, 6) is -3.55. The van der Waals surface area contributed by atoms with Crippen LogP contribution in [0.15, 0.2) is 109 Å². The van der Waals surface area contributed by atoms with E-state index in [-0.39, 0.29) is 22.5 Å². The van der Waals surface area contributed by atoms with Gasteiger partial charge in [0.1, 0.15) is 0 Å². The fraction of sp³-hybridized carbons (Fsp3) is 0. The van der Waals surface area contributed by atoms with Crippen molar-refractivity contribution in [3.8, 4) is 11.1 Å². The highest BCUT2D eigenvalue weighted by Gasteiger charge is 2.17. The lowest BCUT2D eigenvalue weighted by Gasteiger charge is -2.12. The fourth-order valence-corrected chi connectivity index (χ4v) is 3.84. The molecule has 0 heterocycles. The number of hydrogen-bond acceptors (Lipinski definition) is 4. The molecular formula is C32H24N2O6. The van der Waals surface area contributed by atoms with Crippen LogP contribution in [-0.4, -0.2) is 34.0 Å². The lowest BCUT2D eigenvalue weighted by molar-refractivity contribution is -0.112. The Morgan fingerprint density at radius 2 is 0.900 bits per heavy atom. The van der Waals surface area contributed by atoms with E-state index < -0.39 is 23.8 Å². The molecule has 0 fully saturated rings. The summed E-state index contributed by atoms with van der Waals surface area (Å²) in [5.41, 5.74) is 2.30. The van der Waals surface area contributed by atoms with Gasteiger partial charge < -0.3 is 20.8 Å². The zero-order valence-electron chi connectivity index (χ0n) is 21.1. The number of hydrogen-bond donors (Lipinski definition) is 4. The van der Waals surface area contributed by atoms with Crippen molar-refractivity contribution in [3.05, 3.63) is 131 Å². The highest BCUT2D eigenvalue weighted by molar-refractivity contribution is 6.08. The summed E-state index contributed by atoms with van der Waals surface area (Å²) in [6, 6.07) is 27.1. The van der Waals surface area contributed by atoms with Crippen LogP contribution in [0.1, 0.15) is 31.8 Å². The van der Waals surface area contributed by atoms with Gasteiger partial charge in [0.15, 0.2) is 0 Å². The Morgan fingerprint density at radius 3 is 1.25 bits per heavy atom. The Hall–Kier alpha value is -5.76. The molecule has 40 heavy (non-hydrogen) atoms. The van der Waals surface area contributed by atoms with Crippen LogP contribution < -0.4 is 10.6 Å². The minimum atomic E-state index is -1.27. The maximum atomic E-state index is 12.4. The van der Waals surface area contributed by atoms with Crippen molar-refractivity contribution >= 4 is 47.3 Å². The van der Waals surface area contributed by atoms with Gasteiger partial charge in [-0.2, -0.15) is 0 Å². The first-order valence-electron chi connectivity index (χ1n) is 12.1. The zero-order valence-corrected chi connectivity index (χ0v) is 21.1. The van der Waals surface area contributed by atoms with Gasteiger partial charge in [-0.3, -0.25) is 9.59 Å². The monoisotopic (exact) mass is 532 g/mol. The SMILES string of the molecule is O=C(/C=C/c1ccccc1)Nc1ccc(-c2ccc(NC(=O)/C=C/c3ccccc3)c(C(=O)O)c2)cc1C(=O)O. The summed E-state index contributed by atoms with van der Waals surface area (Å²) in [4.78, 5) is 48.7. The van der Waals surface area contributed by atoms with E-state index in [4.69, 9.17) is 0 Å². The zero-order chi connectivity index (χ0) is 28.5. The molecule has 0 radical (unpaired) electrons. The Balaban J connectivity index is 1.54. The molecule has 0 saturated carbocycles. The van der Waals surface area contributed by atoms with E-state index in [0.29, 0.717) is 11.1 Å². The highest BCUT2D eigenvalue weighted by atomic mass is 16.4. The Kier molecular flexibility index (Phi) is 8.63. The Bertz CT molecular complexity index is 1500. The number of carbonyl (C=O) groups is 4. The largest absolute Gasteiger partial charge is 0.478 e. The highest BCUT2D eigenvalue weighted by Crippen LogP contribution is 2.29. The molecule has 4 rings (SSSR count). The molecular weight excluding hydrogens is 508 g/mol. The van der Waals surface area contributed by atoms with Crippen molar-refractivity contribution in [1.29, 1.82) is 0 Å². The number of rotatable bonds is 9. The summed E-state index contributed by atoms with van der Waals surface area (Å²) >= 11 is 0. The molecule has 4 aromatic carbocycles. The van der Waals surface area contributed by atoms with Crippen molar-refractivity contribution in [2.24, 2.45) is 0 Å². The minimum absolute atomic E-state index is 0.0894. The number of nitrogens with one attached hydrogen (secondary N) is 2. The standard InChI is InChI=1S/C32H24N2O6/c35-29(17-11-21-7-3-1-4-8-21)33-27-15-13-23(19-25(27)31(37)38)24-14-16-28(26(20-24)32(39)40)34-30(36)18-12-22-9-5-2-6-10-22/h1-20H,(H,33,35)(H,34,36)(H,37,38)(H,39,40)/b17-11+,18-12+. The van der Waals surface area contributed by atoms with E-state index in [1.165, 1.54) is 36.4 Å². The van der Waals surface area contributed by atoms with Gasteiger partial charge in [-0.1, -0.05) is 72.8 Å². The van der Waals surface area contributed by atoms with Gasteiger partial charge in [-0.15, -0.1) is 0 Å². The van der Waals surface area contributed by atoms with Gasteiger partial charge in [0.05, 0.1) is 22.5 Å². The molecule has 0 spiro atoms. The third-order valence-corrected chi connectivity index (χ3v) is 5.80. The van der Waals surface area contributed by atoms with E-state index in [9.17, 15) is 29.4 Å². The molecule has 0 bridgehead atoms. The van der Waals surface area contributed by atoms with Crippen LogP contribution in [0, 0.1) is 0 Å². The molecule has 4 aromatic rings. The molecule has 8 nitrogen and oxygen atoms in total. The minimum Gasteiger partial charge on any atom is -0.478 e. The molecule has 0 aliphatic carbocycles. The van der Waals surface area contributed by atoms with Gasteiger partial charge >= 0.3 is 11.9 Å². The summed E-state index contributed by atoms with van der Waals surface area (Å²) in [6.07, 6.45) is 5.82. The number of amides is 2. The normalized spacial score (nSPS) is 10.9. The average molecular weight is 533 g/mol. The van der Waals surface area contributed by atoms with Crippen molar-refractivity contribution in [3.63, 3.8) is 0 Å². The summed E-state index contributed by atoms with van der Waals surface area (Å²) in [5, 5.41) is 24.7.